The Labute approximate surface area is 122 Å². The SMILES string of the molecule is Oc1ccc(Cl)c(Oc2ccc(C(F)(F)F)cc2Cl)c1. The topological polar surface area (TPSA) is 29.5 Å². The summed E-state index contributed by atoms with van der Waals surface area (Å²) in [7, 11) is 0. The third kappa shape index (κ3) is 3.29. The van der Waals surface area contributed by atoms with E-state index in [1.54, 1.807) is 0 Å². The second-order valence-electron chi connectivity index (χ2n) is 3.86. The van der Waals surface area contributed by atoms with Gasteiger partial charge in [-0.05, 0) is 30.3 Å². The van der Waals surface area contributed by atoms with E-state index in [1.165, 1.54) is 18.2 Å². The van der Waals surface area contributed by atoms with Crippen LogP contribution in [-0.4, -0.2) is 5.11 Å². The molecule has 0 atom stereocenters. The Morgan fingerprint density at radius 2 is 1.60 bits per heavy atom. The molecule has 0 saturated heterocycles. The summed E-state index contributed by atoms with van der Waals surface area (Å²) in [5.41, 5.74) is -0.878. The largest absolute Gasteiger partial charge is 0.508 e. The van der Waals surface area contributed by atoms with Gasteiger partial charge in [0.15, 0.2) is 0 Å². The molecular formula is C13H7Cl2F3O2. The van der Waals surface area contributed by atoms with Gasteiger partial charge in [-0.25, -0.2) is 0 Å². The number of hydrogen-bond donors (Lipinski definition) is 1. The molecule has 0 heterocycles. The first-order chi connectivity index (χ1) is 9.27. The first kappa shape index (κ1) is 14.8. The number of alkyl halides is 3. The lowest BCUT2D eigenvalue weighted by atomic mass is 10.2. The standard InChI is InChI=1S/C13H7Cl2F3O2/c14-9-3-2-8(19)6-12(9)20-11-4-1-7(5-10(11)15)13(16,17)18/h1-6,19H. The molecule has 0 aliphatic rings. The minimum atomic E-state index is -4.48. The fourth-order valence-electron chi connectivity index (χ4n) is 1.45. The maximum atomic E-state index is 12.5. The molecule has 0 aromatic heterocycles. The average molecular weight is 323 g/mol. The van der Waals surface area contributed by atoms with Crippen molar-refractivity contribution in [1.82, 2.24) is 0 Å². The lowest BCUT2D eigenvalue weighted by molar-refractivity contribution is -0.137. The maximum Gasteiger partial charge on any atom is 0.416 e. The molecule has 0 spiro atoms. The summed E-state index contributed by atoms with van der Waals surface area (Å²) in [6, 6.07) is 6.67. The Balaban J connectivity index is 2.33. The van der Waals surface area contributed by atoms with Crippen LogP contribution in [-0.2, 0) is 6.18 Å². The smallest absolute Gasteiger partial charge is 0.416 e. The van der Waals surface area contributed by atoms with Gasteiger partial charge in [-0.15, -0.1) is 0 Å². The Bertz CT molecular complexity index is 642. The van der Waals surface area contributed by atoms with E-state index < -0.39 is 11.7 Å². The van der Waals surface area contributed by atoms with Crippen LogP contribution in [0.2, 0.25) is 10.0 Å². The van der Waals surface area contributed by atoms with Crippen LogP contribution in [0.3, 0.4) is 0 Å². The fraction of sp³-hybridized carbons (Fsp3) is 0.0769. The molecule has 2 nitrogen and oxygen atoms in total. The lowest BCUT2D eigenvalue weighted by Gasteiger charge is -2.12. The van der Waals surface area contributed by atoms with Crippen LogP contribution < -0.4 is 4.74 Å². The van der Waals surface area contributed by atoms with Crippen molar-refractivity contribution in [2.75, 3.05) is 0 Å². The highest BCUT2D eigenvalue weighted by Crippen LogP contribution is 2.38. The molecule has 7 heteroatoms. The van der Waals surface area contributed by atoms with E-state index in [0.717, 1.165) is 18.2 Å². The molecule has 0 radical (unpaired) electrons. The number of phenolic OH excluding ortho intramolecular Hbond substituents is 1. The molecule has 2 aromatic rings. The van der Waals surface area contributed by atoms with Crippen molar-refractivity contribution in [3.8, 4) is 17.2 Å². The molecule has 106 valence electrons. The molecule has 0 amide bonds. The Kier molecular flexibility index (Phi) is 4.01. The van der Waals surface area contributed by atoms with Gasteiger partial charge in [0.05, 0.1) is 15.6 Å². The monoisotopic (exact) mass is 322 g/mol. The molecule has 0 aliphatic carbocycles. The lowest BCUT2D eigenvalue weighted by Crippen LogP contribution is -2.04. The quantitative estimate of drug-likeness (QED) is 0.789. The van der Waals surface area contributed by atoms with E-state index in [4.69, 9.17) is 27.9 Å². The van der Waals surface area contributed by atoms with Crippen molar-refractivity contribution in [1.29, 1.82) is 0 Å². The van der Waals surface area contributed by atoms with Crippen LogP contribution in [0.5, 0.6) is 17.2 Å². The highest BCUT2D eigenvalue weighted by atomic mass is 35.5. The van der Waals surface area contributed by atoms with Gasteiger partial charge in [-0.2, -0.15) is 13.2 Å². The van der Waals surface area contributed by atoms with Gasteiger partial charge < -0.3 is 9.84 Å². The van der Waals surface area contributed by atoms with E-state index in [9.17, 15) is 18.3 Å². The van der Waals surface area contributed by atoms with Gasteiger partial charge in [0.25, 0.3) is 0 Å². The van der Waals surface area contributed by atoms with Gasteiger partial charge in [-0.3, -0.25) is 0 Å². The molecule has 0 aliphatic heterocycles. The Morgan fingerprint density at radius 1 is 0.900 bits per heavy atom. The number of aromatic hydroxyl groups is 1. The number of halogens is 5. The molecule has 2 rings (SSSR count). The van der Waals surface area contributed by atoms with Crippen LogP contribution >= 0.6 is 23.2 Å². The van der Waals surface area contributed by atoms with E-state index in [2.05, 4.69) is 0 Å². The minimum absolute atomic E-state index is 0.00664. The predicted molar refractivity (Wildman–Crippen MR) is 69.6 cm³/mol. The minimum Gasteiger partial charge on any atom is -0.508 e. The molecular weight excluding hydrogens is 316 g/mol. The molecule has 0 fully saturated rings. The van der Waals surface area contributed by atoms with E-state index in [0.29, 0.717) is 0 Å². The molecule has 0 unspecified atom stereocenters. The van der Waals surface area contributed by atoms with Crippen molar-refractivity contribution >= 4 is 23.2 Å². The van der Waals surface area contributed by atoms with Crippen LogP contribution in [0.4, 0.5) is 13.2 Å². The number of rotatable bonds is 2. The normalized spacial score (nSPS) is 11.4. The Hall–Kier alpha value is -1.59. The zero-order valence-electron chi connectivity index (χ0n) is 9.71. The second-order valence-corrected chi connectivity index (χ2v) is 4.67. The third-order valence-electron chi connectivity index (χ3n) is 2.39. The van der Waals surface area contributed by atoms with Crippen LogP contribution in [0.25, 0.3) is 0 Å². The highest BCUT2D eigenvalue weighted by molar-refractivity contribution is 6.33. The summed E-state index contributed by atoms with van der Waals surface area (Å²) in [6.07, 6.45) is -4.48. The van der Waals surface area contributed by atoms with Gasteiger partial charge in [-0.1, -0.05) is 23.2 Å². The number of phenols is 1. The van der Waals surface area contributed by atoms with E-state index in [-0.39, 0.29) is 27.3 Å². The molecule has 1 N–H and O–H groups in total. The number of ether oxygens (including phenoxy) is 1. The predicted octanol–water partition coefficient (Wildman–Crippen LogP) is 5.51. The molecule has 20 heavy (non-hydrogen) atoms. The average Bonchev–Trinajstić information content (AvgIpc) is 2.35. The van der Waals surface area contributed by atoms with E-state index >= 15 is 0 Å². The van der Waals surface area contributed by atoms with Crippen molar-refractivity contribution in [3.05, 3.63) is 52.0 Å². The summed E-state index contributed by atoms with van der Waals surface area (Å²) in [5, 5.41) is 9.30. The summed E-state index contributed by atoms with van der Waals surface area (Å²) in [4.78, 5) is 0. The van der Waals surface area contributed by atoms with Gasteiger partial charge in [0.1, 0.15) is 17.2 Å². The van der Waals surface area contributed by atoms with Crippen LogP contribution in [0.15, 0.2) is 36.4 Å². The first-order valence-electron chi connectivity index (χ1n) is 5.30. The fourth-order valence-corrected chi connectivity index (χ4v) is 1.82. The third-order valence-corrected chi connectivity index (χ3v) is 3.00. The van der Waals surface area contributed by atoms with E-state index in [1.807, 2.05) is 0 Å². The molecule has 0 saturated carbocycles. The zero-order chi connectivity index (χ0) is 14.9. The molecule has 2 aromatic carbocycles. The van der Waals surface area contributed by atoms with Crippen molar-refractivity contribution < 1.29 is 23.0 Å². The van der Waals surface area contributed by atoms with Crippen molar-refractivity contribution in [3.63, 3.8) is 0 Å². The van der Waals surface area contributed by atoms with Crippen molar-refractivity contribution in [2.24, 2.45) is 0 Å². The van der Waals surface area contributed by atoms with Gasteiger partial charge in [0.2, 0.25) is 0 Å². The zero-order valence-corrected chi connectivity index (χ0v) is 11.2. The van der Waals surface area contributed by atoms with Gasteiger partial charge in [0, 0.05) is 6.07 Å². The van der Waals surface area contributed by atoms with Gasteiger partial charge >= 0.3 is 6.18 Å². The van der Waals surface area contributed by atoms with Crippen LogP contribution in [0, 0.1) is 0 Å². The summed E-state index contributed by atoms with van der Waals surface area (Å²) < 4.78 is 42.8. The summed E-state index contributed by atoms with van der Waals surface area (Å²) in [6.45, 7) is 0. The number of benzene rings is 2. The summed E-state index contributed by atoms with van der Waals surface area (Å²) in [5.74, 6) is 0.00734. The highest BCUT2D eigenvalue weighted by Gasteiger charge is 2.31. The van der Waals surface area contributed by atoms with Crippen molar-refractivity contribution in [2.45, 2.75) is 6.18 Å². The molecule has 0 bridgehead atoms. The first-order valence-corrected chi connectivity index (χ1v) is 6.06. The maximum absolute atomic E-state index is 12.5. The second kappa shape index (κ2) is 5.42. The number of hydrogen-bond acceptors (Lipinski definition) is 2. The Morgan fingerprint density at radius 3 is 2.20 bits per heavy atom. The van der Waals surface area contributed by atoms with Crippen LogP contribution in [0.1, 0.15) is 5.56 Å². The summed E-state index contributed by atoms with van der Waals surface area (Å²) >= 11 is 11.6.